The van der Waals surface area contributed by atoms with E-state index in [4.69, 9.17) is 0 Å². The van der Waals surface area contributed by atoms with Crippen LogP contribution < -0.4 is 4.90 Å². The lowest BCUT2D eigenvalue weighted by Crippen LogP contribution is -2.36. The number of fused-ring (bicyclic) bond motifs is 1. The van der Waals surface area contributed by atoms with E-state index in [2.05, 4.69) is 9.97 Å². The summed E-state index contributed by atoms with van der Waals surface area (Å²) in [5, 5.41) is 23.8. The van der Waals surface area contributed by atoms with Crippen LogP contribution in [-0.4, -0.2) is 42.1 Å². The number of hydrogen-bond donors (Lipinski definition) is 1. The molecule has 3 aromatic heterocycles. The van der Waals surface area contributed by atoms with Crippen molar-refractivity contribution < 1.29 is 10.0 Å². The Kier molecular flexibility index (Phi) is 3.92. The minimum atomic E-state index is -0.623. The van der Waals surface area contributed by atoms with E-state index in [9.17, 15) is 15.2 Å². The highest BCUT2D eigenvalue weighted by Gasteiger charge is 2.33. The second-order valence-electron chi connectivity index (χ2n) is 6.24. The summed E-state index contributed by atoms with van der Waals surface area (Å²) in [6.07, 6.45) is 6.01. The molecule has 1 unspecified atom stereocenters. The fraction of sp³-hybridized carbons (Fsp3) is 0.467. The van der Waals surface area contributed by atoms with Crippen LogP contribution in [0.2, 0.25) is 0 Å². The molecule has 0 saturated carbocycles. The standard InChI is InChI=1S/C15H18N6O3S/c1-18-7-4-16-12(18)11(22)10-2-5-19(6-3-10)13-14(21(23)24)20-8-9-25-15(20)17-13/h4,7-11,22H,2-3,5-6H2,1H3. The highest BCUT2D eigenvalue weighted by Crippen LogP contribution is 2.36. The molecule has 1 N–H and O–H groups in total. The average Bonchev–Trinajstić information content (AvgIpc) is 3.29. The second-order valence-corrected chi connectivity index (χ2v) is 7.11. The zero-order valence-corrected chi connectivity index (χ0v) is 14.5. The van der Waals surface area contributed by atoms with Gasteiger partial charge in [-0.3, -0.25) is 0 Å². The van der Waals surface area contributed by atoms with E-state index in [1.165, 1.54) is 15.7 Å². The van der Waals surface area contributed by atoms with E-state index in [-0.39, 0.29) is 16.7 Å². The van der Waals surface area contributed by atoms with E-state index in [1.54, 1.807) is 17.8 Å². The Labute approximate surface area is 147 Å². The Bertz CT molecular complexity index is 908. The Balaban J connectivity index is 1.53. The number of aryl methyl sites for hydroxylation is 1. The predicted octanol–water partition coefficient (Wildman–Crippen LogP) is 1.99. The van der Waals surface area contributed by atoms with E-state index in [0.29, 0.717) is 29.7 Å². The molecule has 4 rings (SSSR count). The molecule has 1 fully saturated rings. The maximum atomic E-state index is 11.5. The molecule has 0 radical (unpaired) electrons. The van der Waals surface area contributed by atoms with Crippen LogP contribution in [-0.2, 0) is 7.05 Å². The van der Waals surface area contributed by atoms with Crippen LogP contribution in [0.25, 0.3) is 4.96 Å². The largest absolute Gasteiger partial charge is 0.385 e. The van der Waals surface area contributed by atoms with Gasteiger partial charge < -0.3 is 24.7 Å². The van der Waals surface area contributed by atoms with Crippen molar-refractivity contribution in [3.8, 4) is 0 Å². The Morgan fingerprint density at radius 3 is 2.80 bits per heavy atom. The van der Waals surface area contributed by atoms with Gasteiger partial charge in [0.15, 0.2) is 0 Å². The summed E-state index contributed by atoms with van der Waals surface area (Å²) in [6, 6.07) is 0. The normalized spacial score (nSPS) is 17.3. The Morgan fingerprint density at radius 2 is 2.16 bits per heavy atom. The summed E-state index contributed by atoms with van der Waals surface area (Å²) < 4.78 is 3.35. The van der Waals surface area contributed by atoms with Crippen molar-refractivity contribution in [2.24, 2.45) is 13.0 Å². The quantitative estimate of drug-likeness (QED) is 0.562. The van der Waals surface area contributed by atoms with Crippen LogP contribution in [0.3, 0.4) is 0 Å². The lowest BCUT2D eigenvalue weighted by Gasteiger charge is -2.33. The maximum absolute atomic E-state index is 11.5. The number of nitro groups is 1. The highest BCUT2D eigenvalue weighted by atomic mass is 32.1. The minimum absolute atomic E-state index is 0.0133. The first kappa shape index (κ1) is 16.0. The summed E-state index contributed by atoms with van der Waals surface area (Å²) in [4.78, 5) is 22.3. The maximum Gasteiger partial charge on any atom is 0.373 e. The fourth-order valence-corrected chi connectivity index (χ4v) is 4.15. The molecule has 9 nitrogen and oxygen atoms in total. The van der Waals surface area contributed by atoms with Gasteiger partial charge in [0.25, 0.3) is 4.96 Å². The molecular formula is C15H18N6O3S. The van der Waals surface area contributed by atoms with Crippen molar-refractivity contribution in [3.63, 3.8) is 0 Å². The van der Waals surface area contributed by atoms with Gasteiger partial charge in [-0.25, -0.2) is 4.98 Å². The third-order valence-corrected chi connectivity index (χ3v) is 5.56. The monoisotopic (exact) mass is 362 g/mol. The van der Waals surface area contributed by atoms with Crippen molar-refractivity contribution in [2.45, 2.75) is 18.9 Å². The van der Waals surface area contributed by atoms with Gasteiger partial charge in [0.2, 0.25) is 5.82 Å². The molecular weight excluding hydrogens is 344 g/mol. The third-order valence-electron chi connectivity index (χ3n) is 4.80. The zero-order chi connectivity index (χ0) is 17.6. The van der Waals surface area contributed by atoms with Crippen LogP contribution in [0.4, 0.5) is 11.6 Å². The van der Waals surface area contributed by atoms with Gasteiger partial charge in [-0.15, -0.1) is 0 Å². The molecule has 0 aliphatic carbocycles. The first-order valence-electron chi connectivity index (χ1n) is 8.06. The molecule has 0 aromatic carbocycles. The SMILES string of the molecule is Cn1ccnc1C(O)C1CCN(c2nc3sccn3c2[N+](=O)[O-])CC1. The number of thiazole rings is 1. The highest BCUT2D eigenvalue weighted by molar-refractivity contribution is 7.15. The van der Waals surface area contributed by atoms with Gasteiger partial charge >= 0.3 is 5.82 Å². The first-order chi connectivity index (χ1) is 12.1. The summed E-state index contributed by atoms with van der Waals surface area (Å²) >= 11 is 1.38. The van der Waals surface area contributed by atoms with Crippen LogP contribution in [0.1, 0.15) is 24.8 Å². The van der Waals surface area contributed by atoms with Gasteiger partial charge in [0, 0.05) is 37.9 Å². The van der Waals surface area contributed by atoms with Crippen LogP contribution in [0.5, 0.6) is 0 Å². The molecule has 0 amide bonds. The molecule has 0 spiro atoms. The van der Waals surface area contributed by atoms with Crippen LogP contribution in [0.15, 0.2) is 24.0 Å². The molecule has 4 heterocycles. The van der Waals surface area contributed by atoms with Crippen molar-refractivity contribution in [1.29, 1.82) is 0 Å². The number of rotatable bonds is 4. The first-order valence-corrected chi connectivity index (χ1v) is 8.94. The van der Waals surface area contributed by atoms with Gasteiger partial charge in [-0.05, 0) is 23.7 Å². The Hall–Kier alpha value is -2.46. The number of hydrogen-bond acceptors (Lipinski definition) is 7. The fourth-order valence-electron chi connectivity index (χ4n) is 3.44. The van der Waals surface area contributed by atoms with Gasteiger partial charge in [-0.2, -0.15) is 9.38 Å². The molecule has 3 aromatic rings. The molecule has 0 bridgehead atoms. The van der Waals surface area contributed by atoms with Crippen LogP contribution in [0, 0.1) is 16.0 Å². The average molecular weight is 362 g/mol. The van der Waals surface area contributed by atoms with Gasteiger partial charge in [0.05, 0.1) is 0 Å². The van der Waals surface area contributed by atoms with Crippen molar-refractivity contribution in [3.05, 3.63) is 39.9 Å². The molecule has 1 saturated heterocycles. The summed E-state index contributed by atoms with van der Waals surface area (Å²) in [7, 11) is 1.86. The minimum Gasteiger partial charge on any atom is -0.385 e. The predicted molar refractivity (Wildman–Crippen MR) is 92.8 cm³/mol. The lowest BCUT2D eigenvalue weighted by molar-refractivity contribution is -0.389. The van der Waals surface area contributed by atoms with Crippen molar-refractivity contribution in [2.75, 3.05) is 18.0 Å². The second kappa shape index (κ2) is 6.12. The Morgan fingerprint density at radius 1 is 1.40 bits per heavy atom. The number of aliphatic hydroxyl groups excluding tert-OH is 1. The third kappa shape index (κ3) is 2.67. The summed E-state index contributed by atoms with van der Waals surface area (Å²) in [5.74, 6) is 1.17. The zero-order valence-electron chi connectivity index (χ0n) is 13.6. The molecule has 25 heavy (non-hydrogen) atoms. The number of anilines is 1. The molecule has 1 aliphatic rings. The van der Waals surface area contributed by atoms with Gasteiger partial charge in [0.1, 0.15) is 18.1 Å². The van der Waals surface area contributed by atoms with Crippen molar-refractivity contribution >= 4 is 27.9 Å². The number of imidazole rings is 2. The smallest absolute Gasteiger partial charge is 0.373 e. The molecule has 10 heteroatoms. The van der Waals surface area contributed by atoms with E-state index < -0.39 is 6.10 Å². The molecule has 1 aliphatic heterocycles. The number of piperidine rings is 1. The van der Waals surface area contributed by atoms with Crippen molar-refractivity contribution in [1.82, 2.24) is 18.9 Å². The summed E-state index contributed by atoms with van der Waals surface area (Å²) in [5.41, 5.74) is 0. The summed E-state index contributed by atoms with van der Waals surface area (Å²) in [6.45, 7) is 1.25. The molecule has 1 atom stereocenters. The number of nitrogens with zero attached hydrogens (tertiary/aromatic N) is 6. The van der Waals surface area contributed by atoms with E-state index in [0.717, 1.165) is 12.8 Å². The number of aliphatic hydroxyl groups is 1. The number of aromatic nitrogens is 4. The van der Waals surface area contributed by atoms with E-state index in [1.807, 2.05) is 22.7 Å². The molecule has 132 valence electrons. The van der Waals surface area contributed by atoms with Crippen LogP contribution >= 0.6 is 11.3 Å². The van der Waals surface area contributed by atoms with Gasteiger partial charge in [-0.1, -0.05) is 11.3 Å². The lowest BCUT2D eigenvalue weighted by atomic mass is 9.90. The topological polar surface area (TPSA) is 102 Å². The van der Waals surface area contributed by atoms with E-state index >= 15 is 0 Å².